The number of ether oxygens (including phenoxy) is 1. The van der Waals surface area contributed by atoms with Crippen LogP contribution in [0.3, 0.4) is 0 Å². The van der Waals surface area contributed by atoms with Crippen LogP contribution in [0.2, 0.25) is 0 Å². The lowest BCUT2D eigenvalue weighted by atomic mass is 9.77. The highest BCUT2D eigenvalue weighted by molar-refractivity contribution is 6.01. The molecule has 1 aromatic rings. The van der Waals surface area contributed by atoms with Crippen molar-refractivity contribution in [2.24, 2.45) is 11.3 Å². The summed E-state index contributed by atoms with van der Waals surface area (Å²) in [6, 6.07) is 4.56. The van der Waals surface area contributed by atoms with E-state index in [0.29, 0.717) is 23.7 Å². The van der Waals surface area contributed by atoms with Gasteiger partial charge in [0.05, 0.1) is 5.69 Å². The number of imide groups is 1. The average molecular weight is 558 g/mol. The fourth-order valence-electron chi connectivity index (χ4n) is 6.63. The first-order chi connectivity index (χ1) is 19.0. The second-order valence-corrected chi connectivity index (χ2v) is 13.2. The highest BCUT2D eigenvalue weighted by Crippen LogP contribution is 2.43. The summed E-state index contributed by atoms with van der Waals surface area (Å²) in [6.07, 6.45) is 5.84. The largest absolute Gasteiger partial charge is 0.444 e. The molecule has 2 N–H and O–H groups in total. The van der Waals surface area contributed by atoms with Crippen molar-refractivity contribution in [3.8, 4) is 0 Å². The number of hydrogen-bond donors (Lipinski definition) is 2. The average Bonchev–Trinajstić information content (AvgIpc) is 3.30. The Morgan fingerprint density at radius 1 is 1.07 bits per heavy atom. The van der Waals surface area contributed by atoms with E-state index in [0.717, 1.165) is 77.9 Å². The van der Waals surface area contributed by atoms with Gasteiger partial charge in [0.25, 0.3) is 0 Å². The maximum atomic E-state index is 15.2. The SMILES string of the molecule is CC(C)(C)OC(=O)N1CCC(CN2CCC3(CC2)CCN(c2ccc(NC4CCC(=O)NC4=O)cc2F)C3)CC1. The number of nitrogens with zero attached hydrogens (tertiary/aromatic N) is 3. The quantitative estimate of drug-likeness (QED) is 0.529. The summed E-state index contributed by atoms with van der Waals surface area (Å²) >= 11 is 0. The smallest absolute Gasteiger partial charge is 0.410 e. The van der Waals surface area contributed by atoms with Crippen molar-refractivity contribution in [3.05, 3.63) is 24.0 Å². The van der Waals surface area contributed by atoms with Crippen molar-refractivity contribution < 1.29 is 23.5 Å². The Kier molecular flexibility index (Phi) is 8.27. The monoisotopic (exact) mass is 557 g/mol. The van der Waals surface area contributed by atoms with E-state index < -0.39 is 11.6 Å². The highest BCUT2D eigenvalue weighted by atomic mass is 19.1. The van der Waals surface area contributed by atoms with E-state index >= 15 is 4.39 Å². The first-order valence-electron chi connectivity index (χ1n) is 14.8. The van der Waals surface area contributed by atoms with Gasteiger partial charge >= 0.3 is 6.09 Å². The summed E-state index contributed by atoms with van der Waals surface area (Å²) < 4.78 is 20.7. The van der Waals surface area contributed by atoms with E-state index in [9.17, 15) is 14.4 Å². The second kappa shape index (κ2) is 11.5. The number of rotatable bonds is 5. The number of nitrogens with one attached hydrogen (secondary N) is 2. The van der Waals surface area contributed by atoms with Crippen molar-refractivity contribution >= 4 is 29.3 Å². The molecule has 9 nitrogen and oxygen atoms in total. The van der Waals surface area contributed by atoms with Gasteiger partial charge in [-0.1, -0.05) is 0 Å². The number of halogens is 1. The minimum Gasteiger partial charge on any atom is -0.444 e. The fourth-order valence-corrected chi connectivity index (χ4v) is 6.63. The molecule has 0 aliphatic carbocycles. The number of carbonyl (C=O) groups is 3. The van der Waals surface area contributed by atoms with Gasteiger partial charge in [-0.25, -0.2) is 9.18 Å². The Labute approximate surface area is 236 Å². The lowest BCUT2D eigenvalue weighted by molar-refractivity contribution is -0.133. The van der Waals surface area contributed by atoms with Gasteiger partial charge in [-0.05, 0) is 102 Å². The predicted molar refractivity (Wildman–Crippen MR) is 152 cm³/mol. The number of piperidine rings is 3. The molecule has 0 saturated carbocycles. The Hall–Kier alpha value is -2.88. The zero-order valence-corrected chi connectivity index (χ0v) is 24.1. The molecule has 0 bridgehead atoms. The maximum Gasteiger partial charge on any atom is 0.410 e. The van der Waals surface area contributed by atoms with E-state index in [1.54, 1.807) is 6.07 Å². The molecule has 4 saturated heterocycles. The van der Waals surface area contributed by atoms with Crippen molar-refractivity contribution in [2.45, 2.75) is 77.4 Å². The number of likely N-dealkylation sites (tertiary alicyclic amines) is 2. The zero-order chi connectivity index (χ0) is 28.5. The molecule has 10 heteroatoms. The molecule has 1 unspecified atom stereocenters. The van der Waals surface area contributed by atoms with E-state index in [2.05, 4.69) is 20.4 Å². The van der Waals surface area contributed by atoms with E-state index in [4.69, 9.17) is 4.74 Å². The summed E-state index contributed by atoms with van der Waals surface area (Å²) in [5, 5.41) is 5.39. The third-order valence-electron chi connectivity index (χ3n) is 9.01. The summed E-state index contributed by atoms with van der Waals surface area (Å²) in [4.78, 5) is 42.4. The van der Waals surface area contributed by atoms with Gasteiger partial charge in [-0.3, -0.25) is 14.9 Å². The van der Waals surface area contributed by atoms with Crippen molar-refractivity contribution in [3.63, 3.8) is 0 Å². The zero-order valence-electron chi connectivity index (χ0n) is 24.1. The third kappa shape index (κ3) is 6.87. The van der Waals surface area contributed by atoms with Gasteiger partial charge < -0.3 is 24.8 Å². The Balaban J connectivity index is 1.07. The Morgan fingerprint density at radius 3 is 2.42 bits per heavy atom. The number of carbonyl (C=O) groups excluding carboxylic acids is 3. The van der Waals surface area contributed by atoms with Crippen LogP contribution in [-0.2, 0) is 14.3 Å². The molecule has 4 aliphatic heterocycles. The van der Waals surface area contributed by atoms with Gasteiger partial charge in [0.2, 0.25) is 11.8 Å². The normalized spacial score (nSPS) is 24.4. The molecule has 1 atom stereocenters. The van der Waals surface area contributed by atoms with Crippen LogP contribution in [0.25, 0.3) is 0 Å². The maximum absolute atomic E-state index is 15.2. The molecule has 1 aromatic carbocycles. The number of hydrogen-bond acceptors (Lipinski definition) is 7. The summed E-state index contributed by atoms with van der Waals surface area (Å²) in [5.74, 6) is -0.308. The molecule has 1 spiro atoms. The van der Waals surface area contributed by atoms with Crippen molar-refractivity contribution in [1.82, 2.24) is 15.1 Å². The first-order valence-corrected chi connectivity index (χ1v) is 14.8. The molecule has 220 valence electrons. The van der Waals surface area contributed by atoms with Crippen LogP contribution in [0.5, 0.6) is 0 Å². The van der Waals surface area contributed by atoms with Gasteiger partial charge in [-0.15, -0.1) is 0 Å². The van der Waals surface area contributed by atoms with Crippen LogP contribution in [-0.4, -0.2) is 85.2 Å². The predicted octanol–water partition coefficient (Wildman–Crippen LogP) is 3.98. The highest BCUT2D eigenvalue weighted by Gasteiger charge is 2.41. The van der Waals surface area contributed by atoms with Gasteiger partial charge in [0.1, 0.15) is 17.5 Å². The van der Waals surface area contributed by atoms with E-state index in [1.165, 1.54) is 6.07 Å². The molecular weight excluding hydrogens is 513 g/mol. The molecule has 3 amide bonds. The molecule has 4 fully saturated rings. The molecule has 40 heavy (non-hydrogen) atoms. The van der Waals surface area contributed by atoms with Gasteiger partial charge in [-0.2, -0.15) is 0 Å². The molecule has 0 radical (unpaired) electrons. The molecule has 5 rings (SSSR count). The van der Waals surface area contributed by atoms with Crippen LogP contribution >= 0.6 is 0 Å². The van der Waals surface area contributed by atoms with Crippen LogP contribution < -0.4 is 15.5 Å². The Bertz CT molecular complexity index is 1110. The van der Waals surface area contributed by atoms with Crippen LogP contribution in [0.4, 0.5) is 20.6 Å². The number of anilines is 2. The fraction of sp³-hybridized carbons (Fsp3) is 0.700. The Morgan fingerprint density at radius 2 is 1.77 bits per heavy atom. The standard InChI is InChI=1S/C30H44FN5O4/c1-29(2,3)40-28(39)35-13-8-21(9-14-35)19-34-15-10-30(11-16-34)12-17-36(20-30)25-6-4-22(18-23(25)31)32-24-5-7-26(37)33-27(24)38/h4,6,18,21,24,32H,5,7-17,19-20H2,1-3H3,(H,33,37,38). The van der Waals surface area contributed by atoms with Crippen LogP contribution in [0.15, 0.2) is 18.2 Å². The molecule has 4 aliphatic rings. The van der Waals surface area contributed by atoms with E-state index in [1.807, 2.05) is 31.7 Å². The van der Waals surface area contributed by atoms with E-state index in [-0.39, 0.29) is 35.6 Å². The van der Waals surface area contributed by atoms with Crippen molar-refractivity contribution in [1.29, 1.82) is 0 Å². The van der Waals surface area contributed by atoms with Gasteiger partial charge in [0, 0.05) is 44.8 Å². The molecule has 0 aromatic heterocycles. The number of amides is 3. The van der Waals surface area contributed by atoms with Gasteiger partial charge in [0.15, 0.2) is 0 Å². The molecular formula is C30H44FN5O4. The summed E-state index contributed by atoms with van der Waals surface area (Å²) in [7, 11) is 0. The lowest BCUT2D eigenvalue weighted by Gasteiger charge is -2.42. The van der Waals surface area contributed by atoms with Crippen LogP contribution in [0.1, 0.15) is 65.7 Å². The lowest BCUT2D eigenvalue weighted by Crippen LogP contribution is -2.47. The summed E-state index contributed by atoms with van der Waals surface area (Å²) in [6.45, 7) is 12.2. The molecule has 4 heterocycles. The van der Waals surface area contributed by atoms with Crippen molar-refractivity contribution in [2.75, 3.05) is 56.0 Å². The second-order valence-electron chi connectivity index (χ2n) is 13.2. The first kappa shape index (κ1) is 28.6. The minimum absolute atomic E-state index is 0.201. The third-order valence-corrected chi connectivity index (χ3v) is 9.01. The van der Waals surface area contributed by atoms with Crippen LogP contribution in [0, 0.1) is 17.2 Å². The summed E-state index contributed by atoms with van der Waals surface area (Å²) in [5.41, 5.74) is 0.935. The number of benzene rings is 1. The minimum atomic E-state index is -0.527. The topological polar surface area (TPSA) is 94.2 Å².